The number of nitrogens with one attached hydrogen (secondary N) is 2. The number of rotatable bonds is 5. The second kappa shape index (κ2) is 7.57. The van der Waals surface area contributed by atoms with Gasteiger partial charge in [0.05, 0.1) is 11.8 Å². The molecule has 0 atom stereocenters. The van der Waals surface area contributed by atoms with Crippen molar-refractivity contribution in [3.8, 4) is 5.75 Å². The number of aromatic amines is 1. The number of H-pyrrole nitrogens is 1. The molecule has 2 heterocycles. The highest BCUT2D eigenvalue weighted by molar-refractivity contribution is 7.13. The zero-order valence-corrected chi connectivity index (χ0v) is 17.6. The van der Waals surface area contributed by atoms with E-state index < -0.39 is 0 Å². The fraction of sp³-hybridized carbons (Fsp3) is 0.261. The molecule has 6 nitrogen and oxygen atoms in total. The Morgan fingerprint density at radius 1 is 1.13 bits per heavy atom. The molecule has 4 aromatic rings. The van der Waals surface area contributed by atoms with Gasteiger partial charge < -0.3 is 15.0 Å². The number of anilines is 1. The number of carbonyl (C=O) groups excluding carboxylic acids is 1. The van der Waals surface area contributed by atoms with Gasteiger partial charge >= 0.3 is 0 Å². The van der Waals surface area contributed by atoms with Crippen molar-refractivity contribution < 1.29 is 9.53 Å². The molecule has 2 aromatic heterocycles. The molecule has 30 heavy (non-hydrogen) atoms. The van der Waals surface area contributed by atoms with Crippen molar-refractivity contribution >= 4 is 33.8 Å². The smallest absolute Gasteiger partial charge is 0.286 e. The van der Waals surface area contributed by atoms with Crippen molar-refractivity contribution in [1.29, 1.82) is 0 Å². The molecule has 2 aromatic carbocycles. The zero-order valence-electron chi connectivity index (χ0n) is 16.8. The van der Waals surface area contributed by atoms with E-state index in [-0.39, 0.29) is 12.0 Å². The van der Waals surface area contributed by atoms with Crippen molar-refractivity contribution in [2.45, 2.75) is 38.7 Å². The lowest BCUT2D eigenvalue weighted by Crippen LogP contribution is -2.32. The topological polar surface area (TPSA) is 79.9 Å². The normalized spacial score (nSPS) is 18.2. The summed E-state index contributed by atoms with van der Waals surface area (Å²) in [5, 5.41) is 12.8. The minimum atomic E-state index is -0.257. The highest BCUT2D eigenvalue weighted by atomic mass is 32.1. The fourth-order valence-corrected chi connectivity index (χ4v) is 4.39. The van der Waals surface area contributed by atoms with Crippen LogP contribution in [0.2, 0.25) is 0 Å². The highest BCUT2D eigenvalue weighted by Gasteiger charge is 2.32. The summed E-state index contributed by atoms with van der Waals surface area (Å²) in [6.45, 7) is 3.94. The summed E-state index contributed by atoms with van der Waals surface area (Å²) in [6, 6.07) is 14.7. The predicted octanol–water partition coefficient (Wildman–Crippen LogP) is 5.21. The van der Waals surface area contributed by atoms with E-state index in [1.165, 1.54) is 22.5 Å². The summed E-state index contributed by atoms with van der Waals surface area (Å²) >= 11 is 1.28. The number of nitrogens with zero attached hydrogens (tertiary/aromatic N) is 2. The number of ether oxygens (including phenoxy) is 1. The van der Waals surface area contributed by atoms with E-state index in [9.17, 15) is 4.79 Å². The second-order valence-electron chi connectivity index (χ2n) is 7.81. The Morgan fingerprint density at radius 3 is 2.67 bits per heavy atom. The van der Waals surface area contributed by atoms with Crippen molar-refractivity contribution in [1.82, 2.24) is 15.2 Å². The van der Waals surface area contributed by atoms with Gasteiger partial charge in [-0.05, 0) is 56.4 Å². The molecule has 0 unspecified atom stereocenters. The summed E-state index contributed by atoms with van der Waals surface area (Å²) < 4.78 is 6.20. The van der Waals surface area contributed by atoms with Crippen molar-refractivity contribution in [2.75, 3.05) is 5.32 Å². The number of aromatic nitrogens is 3. The van der Waals surface area contributed by atoms with Crippen LogP contribution in [0.15, 0.2) is 48.7 Å². The third kappa shape index (κ3) is 3.68. The Balaban J connectivity index is 1.26. The number of carbonyl (C=O) groups is 1. The Labute approximate surface area is 178 Å². The molecule has 1 aliphatic rings. The number of benzene rings is 2. The molecule has 0 aliphatic heterocycles. The molecule has 2 N–H and O–H groups in total. The third-order valence-electron chi connectivity index (χ3n) is 5.57. The Hall–Kier alpha value is -3.19. The zero-order chi connectivity index (χ0) is 20.7. The first kappa shape index (κ1) is 18.8. The Kier molecular flexibility index (Phi) is 4.75. The number of hydrogen-bond acceptors (Lipinski definition) is 5. The van der Waals surface area contributed by atoms with Crippen molar-refractivity contribution in [3.05, 3.63) is 69.8 Å². The number of aryl methyl sites for hydroxylation is 2. The summed E-state index contributed by atoms with van der Waals surface area (Å²) in [5.74, 6) is 1.13. The lowest BCUT2D eigenvalue weighted by atomic mass is 9.77. The maximum atomic E-state index is 12.4. The number of amides is 1. The van der Waals surface area contributed by atoms with Crippen molar-refractivity contribution in [2.24, 2.45) is 0 Å². The fourth-order valence-electron chi connectivity index (χ4n) is 3.81. The maximum absolute atomic E-state index is 12.4. The van der Waals surface area contributed by atoms with Crippen LogP contribution in [0.4, 0.5) is 5.69 Å². The minimum Gasteiger partial charge on any atom is -0.490 e. The lowest BCUT2D eigenvalue weighted by Gasteiger charge is -2.35. The molecule has 5 rings (SSSR count). The first-order valence-electron chi connectivity index (χ1n) is 10.0. The van der Waals surface area contributed by atoms with Gasteiger partial charge in [-0.2, -0.15) is 0 Å². The van der Waals surface area contributed by atoms with E-state index in [2.05, 4.69) is 51.7 Å². The van der Waals surface area contributed by atoms with Gasteiger partial charge in [-0.1, -0.05) is 41.2 Å². The van der Waals surface area contributed by atoms with E-state index in [0.29, 0.717) is 16.6 Å². The van der Waals surface area contributed by atoms with Crippen LogP contribution < -0.4 is 10.1 Å². The molecule has 0 radical (unpaired) electrons. The van der Waals surface area contributed by atoms with Crippen molar-refractivity contribution in [3.63, 3.8) is 0 Å². The standard InChI is InChI=1S/C23H22N4O2S/c1-13-3-5-15(6-4-13)16-9-18(10-16)29-17-7-8-20-19(11-17)21(12-24-20)25-22(28)23-27-26-14(2)30-23/h3-8,11-12,16,18,24H,9-10H2,1-2H3,(H,25,28). The molecule has 1 saturated carbocycles. The average Bonchev–Trinajstić information content (AvgIpc) is 3.32. The molecule has 0 spiro atoms. The summed E-state index contributed by atoms with van der Waals surface area (Å²) in [5.41, 5.74) is 4.32. The van der Waals surface area contributed by atoms with Gasteiger partial charge in [0.2, 0.25) is 5.01 Å². The van der Waals surface area contributed by atoms with Gasteiger partial charge in [0, 0.05) is 17.1 Å². The van der Waals surface area contributed by atoms with Gasteiger partial charge in [-0.25, -0.2) is 0 Å². The van der Waals surface area contributed by atoms with E-state index in [1.807, 2.05) is 25.1 Å². The van der Waals surface area contributed by atoms with Crippen LogP contribution >= 0.6 is 11.3 Å². The van der Waals surface area contributed by atoms with Crippen LogP contribution in [0.3, 0.4) is 0 Å². The highest BCUT2D eigenvalue weighted by Crippen LogP contribution is 2.40. The van der Waals surface area contributed by atoms with E-state index in [1.54, 1.807) is 6.20 Å². The SMILES string of the molecule is Cc1ccc(C2CC(Oc3ccc4[nH]cc(NC(=O)c5nnc(C)s5)c4c3)C2)cc1. The summed E-state index contributed by atoms with van der Waals surface area (Å²) in [6.07, 6.45) is 4.05. The molecule has 1 aliphatic carbocycles. The lowest BCUT2D eigenvalue weighted by molar-refractivity contribution is 0.0986. The van der Waals surface area contributed by atoms with Crippen LogP contribution in [-0.2, 0) is 0 Å². The van der Waals surface area contributed by atoms with Gasteiger partial charge in [0.25, 0.3) is 5.91 Å². The van der Waals surface area contributed by atoms with Crippen LogP contribution in [0.1, 0.15) is 44.7 Å². The van der Waals surface area contributed by atoms with E-state index in [4.69, 9.17) is 4.74 Å². The van der Waals surface area contributed by atoms with Gasteiger partial charge in [0.15, 0.2) is 0 Å². The molecule has 1 fully saturated rings. The molecule has 152 valence electrons. The third-order valence-corrected chi connectivity index (χ3v) is 6.41. The van der Waals surface area contributed by atoms with E-state index >= 15 is 0 Å². The summed E-state index contributed by atoms with van der Waals surface area (Å²) in [7, 11) is 0. The minimum absolute atomic E-state index is 0.218. The Bertz CT molecular complexity index is 1210. The average molecular weight is 419 g/mol. The summed E-state index contributed by atoms with van der Waals surface area (Å²) in [4.78, 5) is 15.6. The van der Waals surface area contributed by atoms with Gasteiger partial charge in [-0.3, -0.25) is 4.79 Å². The number of hydrogen-bond donors (Lipinski definition) is 2. The van der Waals surface area contributed by atoms with Crippen LogP contribution in [0, 0.1) is 13.8 Å². The quantitative estimate of drug-likeness (QED) is 0.466. The largest absolute Gasteiger partial charge is 0.490 e. The first-order chi connectivity index (χ1) is 14.5. The molecule has 0 bridgehead atoms. The molecular formula is C23H22N4O2S. The first-order valence-corrected chi connectivity index (χ1v) is 10.8. The van der Waals surface area contributed by atoms with Crippen LogP contribution in [0.5, 0.6) is 5.75 Å². The second-order valence-corrected chi connectivity index (χ2v) is 8.99. The van der Waals surface area contributed by atoms with Crippen LogP contribution in [-0.4, -0.2) is 27.2 Å². The van der Waals surface area contributed by atoms with E-state index in [0.717, 1.165) is 34.5 Å². The maximum Gasteiger partial charge on any atom is 0.286 e. The molecule has 7 heteroatoms. The molecule has 0 saturated heterocycles. The monoisotopic (exact) mass is 418 g/mol. The number of fused-ring (bicyclic) bond motifs is 1. The Morgan fingerprint density at radius 2 is 1.93 bits per heavy atom. The van der Waals surface area contributed by atoms with Crippen LogP contribution in [0.25, 0.3) is 10.9 Å². The van der Waals surface area contributed by atoms with Gasteiger partial charge in [-0.15, -0.1) is 10.2 Å². The molecule has 1 amide bonds. The predicted molar refractivity (Wildman–Crippen MR) is 118 cm³/mol. The molecular weight excluding hydrogens is 396 g/mol. The van der Waals surface area contributed by atoms with Gasteiger partial charge in [0.1, 0.15) is 10.8 Å².